The molecule has 0 fully saturated rings. The monoisotopic (exact) mass is 291 g/mol. The molecule has 5 nitrogen and oxygen atoms in total. The quantitative estimate of drug-likeness (QED) is 0.214. The van der Waals surface area contributed by atoms with Crippen molar-refractivity contribution in [1.29, 1.82) is 0 Å². The number of oxime groups is 1. The normalized spacial score (nSPS) is 11.4. The molecule has 0 spiro atoms. The number of amidine groups is 1. The van der Waals surface area contributed by atoms with E-state index < -0.39 is 0 Å². The smallest absolute Gasteiger partial charge is 0.224 e. The molecule has 1 aromatic rings. The van der Waals surface area contributed by atoms with Crippen LogP contribution in [-0.4, -0.2) is 17.0 Å². The van der Waals surface area contributed by atoms with E-state index in [0.29, 0.717) is 17.7 Å². The average Bonchev–Trinajstić information content (AvgIpc) is 2.50. The summed E-state index contributed by atoms with van der Waals surface area (Å²) in [6.07, 6.45) is 7.38. The summed E-state index contributed by atoms with van der Waals surface area (Å²) in [5.74, 6) is -0.0471. The molecular weight excluding hydrogens is 266 g/mol. The van der Waals surface area contributed by atoms with Crippen LogP contribution in [0, 0.1) is 0 Å². The number of rotatable bonds is 9. The van der Waals surface area contributed by atoms with Gasteiger partial charge in [-0.15, -0.1) is 0 Å². The Hall–Kier alpha value is -2.04. The van der Waals surface area contributed by atoms with Crippen molar-refractivity contribution in [1.82, 2.24) is 0 Å². The summed E-state index contributed by atoms with van der Waals surface area (Å²) in [4.78, 5) is 11.9. The standard InChI is InChI=1S/C16H25N3O2/c1-2-3-4-5-6-7-12-15(20)18-14-11-9-8-10-13(14)16(17)19-21/h8-11,21H,2-7,12H2,1H3,(H2,17,19)(H,18,20). The van der Waals surface area contributed by atoms with E-state index in [0.717, 1.165) is 12.8 Å². The maximum absolute atomic E-state index is 11.9. The van der Waals surface area contributed by atoms with Crippen LogP contribution in [0.1, 0.15) is 57.4 Å². The fraction of sp³-hybridized carbons (Fsp3) is 0.500. The number of benzene rings is 1. The summed E-state index contributed by atoms with van der Waals surface area (Å²) in [6, 6.07) is 7.02. The van der Waals surface area contributed by atoms with E-state index in [2.05, 4.69) is 17.4 Å². The molecule has 1 aromatic carbocycles. The maximum Gasteiger partial charge on any atom is 0.224 e. The Morgan fingerprint density at radius 2 is 1.86 bits per heavy atom. The summed E-state index contributed by atoms with van der Waals surface area (Å²) in [6.45, 7) is 2.19. The third kappa shape index (κ3) is 6.29. The first kappa shape index (κ1) is 17.0. The van der Waals surface area contributed by atoms with E-state index in [9.17, 15) is 4.79 Å². The molecule has 21 heavy (non-hydrogen) atoms. The molecule has 1 amide bonds. The predicted molar refractivity (Wildman–Crippen MR) is 85.6 cm³/mol. The highest BCUT2D eigenvalue weighted by molar-refractivity contribution is 6.05. The van der Waals surface area contributed by atoms with Gasteiger partial charge < -0.3 is 16.3 Å². The average molecular weight is 291 g/mol. The van der Waals surface area contributed by atoms with Gasteiger partial charge in [0.15, 0.2) is 5.84 Å². The number of nitrogens with zero attached hydrogens (tertiary/aromatic N) is 1. The van der Waals surface area contributed by atoms with Crippen LogP contribution in [0.25, 0.3) is 0 Å². The number of unbranched alkanes of at least 4 members (excludes halogenated alkanes) is 5. The van der Waals surface area contributed by atoms with Gasteiger partial charge in [0.2, 0.25) is 5.91 Å². The van der Waals surface area contributed by atoms with Crippen molar-refractivity contribution in [2.45, 2.75) is 51.9 Å². The molecule has 0 aliphatic carbocycles. The minimum atomic E-state index is -0.0383. The number of para-hydroxylation sites is 1. The number of hydrogen-bond acceptors (Lipinski definition) is 3. The Morgan fingerprint density at radius 3 is 2.57 bits per heavy atom. The second-order valence-electron chi connectivity index (χ2n) is 5.10. The number of carbonyl (C=O) groups is 1. The van der Waals surface area contributed by atoms with Gasteiger partial charge in [-0.1, -0.05) is 56.3 Å². The third-order valence-electron chi connectivity index (χ3n) is 3.34. The lowest BCUT2D eigenvalue weighted by atomic mass is 10.1. The van der Waals surface area contributed by atoms with Crippen LogP contribution >= 0.6 is 0 Å². The van der Waals surface area contributed by atoms with Crippen molar-refractivity contribution in [3.63, 3.8) is 0 Å². The molecule has 116 valence electrons. The van der Waals surface area contributed by atoms with Crippen molar-refractivity contribution in [3.8, 4) is 0 Å². The summed E-state index contributed by atoms with van der Waals surface area (Å²) in [5.41, 5.74) is 6.68. The van der Waals surface area contributed by atoms with Crippen molar-refractivity contribution >= 4 is 17.4 Å². The summed E-state index contributed by atoms with van der Waals surface area (Å²) < 4.78 is 0. The van der Waals surface area contributed by atoms with Gasteiger partial charge in [-0.3, -0.25) is 4.79 Å². The van der Waals surface area contributed by atoms with Gasteiger partial charge >= 0.3 is 0 Å². The van der Waals surface area contributed by atoms with Gasteiger partial charge in [0.05, 0.1) is 5.69 Å². The zero-order chi connectivity index (χ0) is 15.5. The van der Waals surface area contributed by atoms with Gasteiger partial charge in [0.25, 0.3) is 0 Å². The second kappa shape index (κ2) is 9.80. The molecule has 0 atom stereocenters. The molecule has 0 radical (unpaired) electrons. The van der Waals surface area contributed by atoms with Crippen molar-refractivity contribution in [2.24, 2.45) is 10.9 Å². The molecule has 0 unspecified atom stereocenters. The number of hydrogen-bond donors (Lipinski definition) is 3. The highest BCUT2D eigenvalue weighted by Gasteiger charge is 2.09. The van der Waals surface area contributed by atoms with Crippen LogP contribution in [0.4, 0.5) is 5.69 Å². The maximum atomic E-state index is 11.9. The van der Waals surface area contributed by atoms with Crippen molar-refractivity contribution < 1.29 is 10.0 Å². The number of carbonyl (C=O) groups excluding carboxylic acids is 1. The van der Waals surface area contributed by atoms with Crippen LogP contribution in [-0.2, 0) is 4.79 Å². The second-order valence-corrected chi connectivity index (χ2v) is 5.10. The zero-order valence-corrected chi connectivity index (χ0v) is 12.6. The first-order valence-electron chi connectivity index (χ1n) is 7.55. The van der Waals surface area contributed by atoms with E-state index in [1.54, 1.807) is 24.3 Å². The SMILES string of the molecule is CCCCCCCCC(=O)Nc1ccccc1C(N)=NO. The van der Waals surface area contributed by atoms with Gasteiger partial charge in [-0.05, 0) is 18.6 Å². The van der Waals surface area contributed by atoms with E-state index in [4.69, 9.17) is 10.9 Å². The Bertz CT molecular complexity index is 472. The summed E-state index contributed by atoms with van der Waals surface area (Å²) >= 11 is 0. The number of anilines is 1. The molecule has 0 saturated heterocycles. The van der Waals surface area contributed by atoms with Crippen LogP contribution in [0.5, 0.6) is 0 Å². The molecule has 4 N–H and O–H groups in total. The predicted octanol–water partition coefficient (Wildman–Crippen LogP) is 3.47. The van der Waals surface area contributed by atoms with Crippen molar-refractivity contribution in [2.75, 3.05) is 5.32 Å². The first-order chi connectivity index (χ1) is 10.2. The Morgan fingerprint density at radius 1 is 1.19 bits per heavy atom. The Kier molecular flexibility index (Phi) is 7.94. The van der Waals surface area contributed by atoms with E-state index in [1.165, 1.54) is 25.7 Å². The van der Waals surface area contributed by atoms with Crippen LogP contribution in [0.3, 0.4) is 0 Å². The summed E-state index contributed by atoms with van der Waals surface area (Å²) in [5, 5.41) is 14.5. The minimum absolute atomic E-state index is 0.00883. The largest absolute Gasteiger partial charge is 0.409 e. The van der Waals surface area contributed by atoms with Crippen LogP contribution in [0.15, 0.2) is 29.4 Å². The molecule has 0 aliphatic heterocycles. The minimum Gasteiger partial charge on any atom is -0.409 e. The molecule has 0 bridgehead atoms. The lowest BCUT2D eigenvalue weighted by Gasteiger charge is -2.09. The molecule has 0 heterocycles. The molecule has 0 saturated carbocycles. The van der Waals surface area contributed by atoms with E-state index >= 15 is 0 Å². The lowest BCUT2D eigenvalue weighted by molar-refractivity contribution is -0.116. The highest BCUT2D eigenvalue weighted by Crippen LogP contribution is 2.15. The Balaban J connectivity index is 2.41. The van der Waals surface area contributed by atoms with E-state index in [-0.39, 0.29) is 11.7 Å². The highest BCUT2D eigenvalue weighted by atomic mass is 16.4. The molecule has 0 aromatic heterocycles. The van der Waals surface area contributed by atoms with Gasteiger partial charge in [-0.25, -0.2) is 0 Å². The third-order valence-corrected chi connectivity index (χ3v) is 3.34. The first-order valence-corrected chi connectivity index (χ1v) is 7.55. The van der Waals surface area contributed by atoms with E-state index in [1.807, 2.05) is 0 Å². The van der Waals surface area contributed by atoms with Gasteiger partial charge in [0.1, 0.15) is 0 Å². The summed E-state index contributed by atoms with van der Waals surface area (Å²) in [7, 11) is 0. The lowest BCUT2D eigenvalue weighted by Crippen LogP contribution is -2.18. The molecule has 5 heteroatoms. The fourth-order valence-electron chi connectivity index (χ4n) is 2.15. The Labute approximate surface area is 126 Å². The van der Waals surface area contributed by atoms with Gasteiger partial charge in [0, 0.05) is 12.0 Å². The topological polar surface area (TPSA) is 87.7 Å². The van der Waals surface area contributed by atoms with Gasteiger partial charge in [-0.2, -0.15) is 0 Å². The van der Waals surface area contributed by atoms with Crippen LogP contribution < -0.4 is 11.1 Å². The number of nitrogens with two attached hydrogens (primary N) is 1. The fourth-order valence-corrected chi connectivity index (χ4v) is 2.15. The van der Waals surface area contributed by atoms with Crippen molar-refractivity contribution in [3.05, 3.63) is 29.8 Å². The zero-order valence-electron chi connectivity index (χ0n) is 12.6. The number of nitrogens with one attached hydrogen (secondary N) is 1. The van der Waals surface area contributed by atoms with Crippen LogP contribution in [0.2, 0.25) is 0 Å². The molecule has 1 rings (SSSR count). The molecule has 0 aliphatic rings. The number of amides is 1. The molecular formula is C16H25N3O2.